The van der Waals surface area contributed by atoms with Crippen molar-refractivity contribution < 1.29 is 14.7 Å². The van der Waals surface area contributed by atoms with Crippen LogP contribution in [0, 0.1) is 11.3 Å². The number of imidazole rings is 1. The number of carbonyl (C=O) groups is 2. The number of hydrogen-bond donors (Lipinski definition) is 1. The zero-order valence-corrected chi connectivity index (χ0v) is 15.7. The number of likely N-dealkylation sites (tertiary alicyclic amines) is 1. The molecule has 2 heterocycles. The summed E-state index contributed by atoms with van der Waals surface area (Å²) >= 11 is 1.67. The molecular formula is C19H23N3O3S. The first-order chi connectivity index (χ1) is 12.5. The van der Waals surface area contributed by atoms with Gasteiger partial charge in [0.05, 0.1) is 22.2 Å². The predicted octanol–water partition coefficient (Wildman–Crippen LogP) is 2.61. The summed E-state index contributed by atoms with van der Waals surface area (Å²) in [7, 11) is 0. The van der Waals surface area contributed by atoms with E-state index in [1.165, 1.54) is 0 Å². The average Bonchev–Trinajstić information content (AvgIpc) is 3.27. The maximum absolute atomic E-state index is 13.0. The van der Waals surface area contributed by atoms with Crippen molar-refractivity contribution in [3.63, 3.8) is 0 Å². The third-order valence-corrected chi connectivity index (χ3v) is 6.50. The topological polar surface area (TPSA) is 75.4 Å². The van der Waals surface area contributed by atoms with E-state index in [1.807, 2.05) is 35.1 Å². The summed E-state index contributed by atoms with van der Waals surface area (Å²) in [5.74, 6) is 0.967. The zero-order valence-electron chi connectivity index (χ0n) is 14.9. The number of carboxylic acid groups (broad SMARTS) is 1. The summed E-state index contributed by atoms with van der Waals surface area (Å²) in [6, 6.07) is 7.84. The number of carboxylic acids is 1. The molecule has 1 aliphatic heterocycles. The molecular weight excluding hydrogens is 350 g/mol. The minimum atomic E-state index is -0.744. The van der Waals surface area contributed by atoms with Crippen LogP contribution in [0.15, 0.2) is 24.3 Å². The van der Waals surface area contributed by atoms with Crippen LogP contribution in [0.1, 0.15) is 25.1 Å². The number of amides is 1. The van der Waals surface area contributed by atoms with Gasteiger partial charge in [-0.25, -0.2) is 4.98 Å². The molecule has 1 aromatic carbocycles. The summed E-state index contributed by atoms with van der Waals surface area (Å²) in [5, 5.41) is 9.73. The smallest absolute Gasteiger partial charge is 0.311 e. The van der Waals surface area contributed by atoms with Crippen molar-refractivity contribution in [3.8, 4) is 0 Å². The molecule has 1 saturated heterocycles. The first-order valence-electron chi connectivity index (χ1n) is 8.99. The molecule has 0 radical (unpaired) electrons. The van der Waals surface area contributed by atoms with E-state index >= 15 is 0 Å². The van der Waals surface area contributed by atoms with Crippen LogP contribution < -0.4 is 0 Å². The van der Waals surface area contributed by atoms with E-state index < -0.39 is 11.4 Å². The van der Waals surface area contributed by atoms with Gasteiger partial charge >= 0.3 is 5.97 Å². The predicted molar refractivity (Wildman–Crippen MR) is 101 cm³/mol. The average molecular weight is 373 g/mol. The van der Waals surface area contributed by atoms with Gasteiger partial charge in [0.15, 0.2) is 0 Å². The molecule has 2 aliphatic rings. The van der Waals surface area contributed by atoms with Crippen LogP contribution in [0.25, 0.3) is 11.0 Å². The fourth-order valence-corrected chi connectivity index (χ4v) is 5.08. The molecule has 2 fully saturated rings. The van der Waals surface area contributed by atoms with Crippen molar-refractivity contribution in [2.45, 2.75) is 31.6 Å². The van der Waals surface area contributed by atoms with E-state index in [1.54, 1.807) is 16.7 Å². The van der Waals surface area contributed by atoms with Gasteiger partial charge in [-0.3, -0.25) is 9.59 Å². The Labute approximate surface area is 156 Å². The lowest BCUT2D eigenvalue weighted by atomic mass is 9.81. The minimum absolute atomic E-state index is 0.00877. The van der Waals surface area contributed by atoms with Crippen molar-refractivity contribution in [1.29, 1.82) is 0 Å². The number of para-hydroxylation sites is 2. The molecule has 2 aromatic rings. The van der Waals surface area contributed by atoms with E-state index in [0.29, 0.717) is 19.5 Å². The quantitative estimate of drug-likeness (QED) is 0.872. The number of nitrogens with zero attached hydrogens (tertiary/aromatic N) is 3. The number of aliphatic carboxylic acids is 1. The molecule has 138 valence electrons. The number of aromatic nitrogens is 2. The number of carbonyl (C=O) groups excluding carboxylic acids is 1. The maximum atomic E-state index is 13.0. The second-order valence-corrected chi connectivity index (χ2v) is 8.23. The van der Waals surface area contributed by atoms with E-state index in [-0.39, 0.29) is 18.4 Å². The van der Waals surface area contributed by atoms with Gasteiger partial charge in [0.25, 0.3) is 0 Å². The Kier molecular flexibility index (Phi) is 4.42. The second kappa shape index (κ2) is 6.61. The van der Waals surface area contributed by atoms with Crippen LogP contribution in [0.5, 0.6) is 0 Å². The van der Waals surface area contributed by atoms with Crippen molar-refractivity contribution in [2.24, 2.45) is 11.3 Å². The molecule has 6 nitrogen and oxygen atoms in total. The summed E-state index contributed by atoms with van der Waals surface area (Å²) < 4.78 is 1.98. The lowest BCUT2D eigenvalue weighted by Gasteiger charge is -2.23. The van der Waals surface area contributed by atoms with Crippen molar-refractivity contribution in [3.05, 3.63) is 30.1 Å². The highest BCUT2D eigenvalue weighted by Crippen LogP contribution is 2.48. The molecule has 0 bridgehead atoms. The van der Waals surface area contributed by atoms with Crippen LogP contribution in [0.2, 0.25) is 0 Å². The monoisotopic (exact) mass is 373 g/mol. The molecule has 4 rings (SSSR count). The molecule has 1 amide bonds. The first kappa shape index (κ1) is 17.4. The van der Waals surface area contributed by atoms with Crippen molar-refractivity contribution >= 4 is 34.7 Å². The highest BCUT2D eigenvalue weighted by atomic mass is 32.2. The van der Waals surface area contributed by atoms with Gasteiger partial charge in [0.1, 0.15) is 12.4 Å². The Morgan fingerprint density at radius 2 is 2.19 bits per heavy atom. The molecule has 1 aliphatic carbocycles. The molecule has 7 heteroatoms. The van der Waals surface area contributed by atoms with Crippen LogP contribution in [-0.4, -0.2) is 50.8 Å². The standard InChI is InChI=1S/C19H23N3O3S/c1-26-11-16-20-14-6-2-3-7-15(14)22(16)10-17(23)21-9-13-5-4-8-19(13,12-21)18(24)25/h2-3,6-7,13H,4-5,8-12H2,1H3,(H,24,25)/t13-,19+/m0/s1. The van der Waals surface area contributed by atoms with Gasteiger partial charge in [-0.2, -0.15) is 11.8 Å². The van der Waals surface area contributed by atoms with Crippen LogP contribution in [0.4, 0.5) is 0 Å². The van der Waals surface area contributed by atoms with Gasteiger partial charge in [-0.1, -0.05) is 18.6 Å². The highest BCUT2D eigenvalue weighted by Gasteiger charge is 2.55. The van der Waals surface area contributed by atoms with Crippen molar-refractivity contribution in [2.75, 3.05) is 19.3 Å². The largest absolute Gasteiger partial charge is 0.481 e. The summed E-state index contributed by atoms with van der Waals surface area (Å²) in [4.78, 5) is 31.3. The molecule has 26 heavy (non-hydrogen) atoms. The third-order valence-electron chi connectivity index (χ3n) is 5.95. The highest BCUT2D eigenvalue weighted by molar-refractivity contribution is 7.97. The minimum Gasteiger partial charge on any atom is -0.481 e. The van der Waals surface area contributed by atoms with Crippen LogP contribution >= 0.6 is 11.8 Å². The Bertz CT molecular complexity index is 865. The Hall–Kier alpha value is -2.02. The summed E-state index contributed by atoms with van der Waals surface area (Å²) in [5.41, 5.74) is 1.12. The van der Waals surface area contributed by atoms with E-state index in [9.17, 15) is 14.7 Å². The summed E-state index contributed by atoms with van der Waals surface area (Å²) in [6.07, 6.45) is 4.55. The maximum Gasteiger partial charge on any atom is 0.311 e. The van der Waals surface area contributed by atoms with Crippen LogP contribution in [-0.2, 0) is 21.9 Å². The number of benzene rings is 1. The van der Waals surface area contributed by atoms with Gasteiger partial charge in [-0.15, -0.1) is 0 Å². The Balaban J connectivity index is 1.59. The SMILES string of the molecule is CSCc1nc2ccccc2n1CC(=O)N1C[C@@H]2CCC[C@@]2(C(=O)O)C1. The molecule has 0 unspecified atom stereocenters. The van der Waals surface area contributed by atoms with E-state index in [0.717, 1.165) is 35.5 Å². The fraction of sp³-hybridized carbons (Fsp3) is 0.526. The number of rotatable bonds is 5. The lowest BCUT2D eigenvalue weighted by molar-refractivity contribution is -0.149. The molecule has 2 atom stereocenters. The Morgan fingerprint density at radius 1 is 1.38 bits per heavy atom. The summed E-state index contributed by atoms with van der Waals surface area (Å²) in [6.45, 7) is 1.13. The first-order valence-corrected chi connectivity index (χ1v) is 10.4. The third kappa shape index (κ3) is 2.69. The normalized spacial score (nSPS) is 25.0. The number of thioether (sulfide) groups is 1. The lowest BCUT2D eigenvalue weighted by Crippen LogP contribution is -2.38. The molecule has 1 N–H and O–H groups in total. The molecule has 0 spiro atoms. The van der Waals surface area contributed by atoms with Crippen molar-refractivity contribution in [1.82, 2.24) is 14.5 Å². The van der Waals surface area contributed by atoms with Gasteiger partial charge in [0.2, 0.25) is 5.91 Å². The number of hydrogen-bond acceptors (Lipinski definition) is 4. The fourth-order valence-electron chi connectivity index (χ4n) is 4.61. The van der Waals surface area contributed by atoms with Gasteiger partial charge in [-0.05, 0) is 37.1 Å². The number of fused-ring (bicyclic) bond motifs is 2. The van der Waals surface area contributed by atoms with Gasteiger partial charge < -0.3 is 14.6 Å². The molecule has 1 saturated carbocycles. The van der Waals surface area contributed by atoms with E-state index in [2.05, 4.69) is 4.98 Å². The van der Waals surface area contributed by atoms with Crippen LogP contribution in [0.3, 0.4) is 0 Å². The van der Waals surface area contributed by atoms with E-state index in [4.69, 9.17) is 0 Å². The molecule has 1 aromatic heterocycles. The zero-order chi connectivity index (χ0) is 18.3. The Morgan fingerprint density at radius 3 is 2.92 bits per heavy atom. The van der Waals surface area contributed by atoms with Gasteiger partial charge in [0, 0.05) is 13.1 Å². The second-order valence-electron chi connectivity index (χ2n) is 7.36.